The lowest BCUT2D eigenvalue weighted by molar-refractivity contribution is 0.772. The van der Waals surface area contributed by atoms with E-state index in [1.165, 1.54) is 10.9 Å². The van der Waals surface area contributed by atoms with E-state index < -0.39 is 0 Å². The summed E-state index contributed by atoms with van der Waals surface area (Å²) in [6, 6.07) is 10.3. The van der Waals surface area contributed by atoms with Gasteiger partial charge in [0.1, 0.15) is 0 Å². The van der Waals surface area contributed by atoms with E-state index in [0.29, 0.717) is 12.5 Å². The minimum atomic E-state index is 0.615. The van der Waals surface area contributed by atoms with Gasteiger partial charge in [-0.1, -0.05) is 12.1 Å². The average Bonchev–Trinajstić information content (AvgIpc) is 3.23. The minimum Gasteiger partial charge on any atom is -0.361 e. The topological polar surface area (TPSA) is 71.4 Å². The first-order valence-electron chi connectivity index (χ1n) is 7.83. The van der Waals surface area contributed by atoms with Crippen molar-refractivity contribution >= 4 is 16.9 Å². The van der Waals surface area contributed by atoms with E-state index in [-0.39, 0.29) is 0 Å². The van der Waals surface area contributed by atoms with Crippen LogP contribution in [0.2, 0.25) is 0 Å². The molecule has 0 aliphatic rings. The maximum Gasteiger partial charge on any atom is 0.223 e. The molecular weight excluding hydrogens is 300 g/mol. The normalized spacial score (nSPS) is 11.1. The minimum absolute atomic E-state index is 0.615. The second-order valence-corrected chi connectivity index (χ2v) is 5.77. The lowest BCUT2D eigenvalue weighted by Crippen LogP contribution is -2.06. The third kappa shape index (κ3) is 2.52. The van der Waals surface area contributed by atoms with Gasteiger partial charge < -0.3 is 10.3 Å². The molecule has 0 saturated carbocycles. The molecule has 120 valence electrons. The van der Waals surface area contributed by atoms with Crippen molar-refractivity contribution in [2.75, 3.05) is 5.32 Å². The molecule has 0 unspecified atom stereocenters. The Morgan fingerprint density at radius 2 is 2.12 bits per heavy atom. The average molecular weight is 318 g/mol. The van der Waals surface area contributed by atoms with E-state index >= 15 is 0 Å². The summed E-state index contributed by atoms with van der Waals surface area (Å²) in [6.07, 6.45) is 5.57. The molecule has 3 aromatic heterocycles. The van der Waals surface area contributed by atoms with Crippen LogP contribution in [0.3, 0.4) is 0 Å². The highest BCUT2D eigenvalue weighted by Gasteiger charge is 2.10. The molecule has 6 nitrogen and oxygen atoms in total. The summed E-state index contributed by atoms with van der Waals surface area (Å²) >= 11 is 0. The van der Waals surface area contributed by atoms with E-state index in [9.17, 15) is 0 Å². The van der Waals surface area contributed by atoms with E-state index in [4.69, 9.17) is 0 Å². The first kappa shape index (κ1) is 14.4. The highest BCUT2D eigenvalue weighted by atomic mass is 15.3. The molecule has 3 heterocycles. The number of hydrogen-bond donors (Lipinski definition) is 2. The van der Waals surface area contributed by atoms with Crippen LogP contribution in [-0.4, -0.2) is 24.7 Å². The molecule has 1 aromatic carbocycles. The molecule has 6 heteroatoms. The largest absolute Gasteiger partial charge is 0.361 e. The summed E-state index contributed by atoms with van der Waals surface area (Å²) in [7, 11) is 1.91. The molecule has 4 rings (SSSR count). The molecule has 0 spiro atoms. The number of fused-ring (bicyclic) bond motifs is 1. The first-order chi connectivity index (χ1) is 11.7. The lowest BCUT2D eigenvalue weighted by Gasteiger charge is -2.10. The van der Waals surface area contributed by atoms with Crippen molar-refractivity contribution in [3.05, 3.63) is 60.0 Å². The fourth-order valence-corrected chi connectivity index (χ4v) is 2.87. The Labute approximate surface area is 139 Å². The predicted octanol–water partition coefficient (Wildman–Crippen LogP) is 3.28. The van der Waals surface area contributed by atoms with Crippen molar-refractivity contribution in [3.63, 3.8) is 0 Å². The standard InChI is InChI=1S/C18H18N6/c1-12-10-20-18(23-17(12)16-7-9-22-24(16)2)21-11-13-4-3-5-15-14(13)6-8-19-15/h3-10,19H,11H2,1-2H3,(H,20,21,23). The number of benzene rings is 1. The number of H-pyrrole nitrogens is 1. The predicted molar refractivity (Wildman–Crippen MR) is 94.6 cm³/mol. The van der Waals surface area contributed by atoms with Gasteiger partial charge >= 0.3 is 0 Å². The van der Waals surface area contributed by atoms with Gasteiger partial charge in [0, 0.05) is 43.1 Å². The first-order valence-corrected chi connectivity index (χ1v) is 7.83. The summed E-state index contributed by atoms with van der Waals surface area (Å²) in [6.45, 7) is 2.68. The number of aromatic amines is 1. The Balaban J connectivity index is 1.62. The smallest absolute Gasteiger partial charge is 0.223 e. The molecule has 0 radical (unpaired) electrons. The van der Waals surface area contributed by atoms with Crippen LogP contribution in [0.25, 0.3) is 22.3 Å². The van der Waals surface area contributed by atoms with E-state index in [1.54, 1.807) is 6.20 Å². The zero-order chi connectivity index (χ0) is 16.5. The van der Waals surface area contributed by atoms with Crippen molar-refractivity contribution in [1.82, 2.24) is 24.7 Å². The Morgan fingerprint density at radius 1 is 1.21 bits per heavy atom. The van der Waals surface area contributed by atoms with Gasteiger partial charge in [0.25, 0.3) is 0 Å². The maximum atomic E-state index is 4.67. The van der Waals surface area contributed by atoms with Crippen LogP contribution in [0.5, 0.6) is 0 Å². The van der Waals surface area contributed by atoms with E-state index in [2.05, 4.69) is 43.6 Å². The molecular formula is C18H18N6. The van der Waals surface area contributed by atoms with Gasteiger partial charge in [-0.05, 0) is 36.2 Å². The summed E-state index contributed by atoms with van der Waals surface area (Å²) in [5, 5.41) is 8.76. The third-order valence-corrected chi connectivity index (χ3v) is 4.16. The van der Waals surface area contributed by atoms with Crippen molar-refractivity contribution < 1.29 is 0 Å². The van der Waals surface area contributed by atoms with E-state index in [0.717, 1.165) is 22.5 Å². The zero-order valence-corrected chi connectivity index (χ0v) is 13.6. The van der Waals surface area contributed by atoms with Gasteiger partial charge in [-0.25, -0.2) is 9.97 Å². The van der Waals surface area contributed by atoms with Crippen LogP contribution >= 0.6 is 0 Å². The lowest BCUT2D eigenvalue weighted by atomic mass is 10.1. The molecule has 0 aliphatic heterocycles. The van der Waals surface area contributed by atoms with Crippen LogP contribution in [0.4, 0.5) is 5.95 Å². The molecule has 0 fully saturated rings. The SMILES string of the molecule is Cc1cnc(NCc2cccc3[nH]ccc23)nc1-c1ccnn1C. The van der Waals surface area contributed by atoms with Crippen molar-refractivity contribution in [1.29, 1.82) is 0 Å². The van der Waals surface area contributed by atoms with Gasteiger partial charge in [0.15, 0.2) is 0 Å². The molecule has 4 aromatic rings. The van der Waals surface area contributed by atoms with Crippen molar-refractivity contribution in [3.8, 4) is 11.4 Å². The van der Waals surface area contributed by atoms with Gasteiger partial charge in [0.2, 0.25) is 5.95 Å². The number of nitrogens with one attached hydrogen (secondary N) is 2. The number of hydrogen-bond acceptors (Lipinski definition) is 4. The van der Waals surface area contributed by atoms with Gasteiger partial charge in [0.05, 0.1) is 11.4 Å². The quantitative estimate of drug-likeness (QED) is 0.606. The maximum absolute atomic E-state index is 4.67. The fraction of sp³-hybridized carbons (Fsp3) is 0.167. The zero-order valence-electron chi connectivity index (χ0n) is 13.6. The van der Waals surface area contributed by atoms with Crippen LogP contribution in [0.1, 0.15) is 11.1 Å². The Morgan fingerprint density at radius 3 is 2.96 bits per heavy atom. The Bertz CT molecular complexity index is 998. The second kappa shape index (κ2) is 5.81. The molecule has 0 atom stereocenters. The van der Waals surface area contributed by atoms with Crippen molar-refractivity contribution in [2.45, 2.75) is 13.5 Å². The molecule has 0 amide bonds. The molecule has 0 saturated heterocycles. The number of aromatic nitrogens is 5. The summed E-state index contributed by atoms with van der Waals surface area (Å²) in [5.41, 5.74) is 5.24. The third-order valence-electron chi connectivity index (χ3n) is 4.16. The van der Waals surface area contributed by atoms with Gasteiger partial charge in [-0.3, -0.25) is 4.68 Å². The number of anilines is 1. The Kier molecular flexibility index (Phi) is 3.49. The van der Waals surface area contributed by atoms with Crippen molar-refractivity contribution in [2.24, 2.45) is 7.05 Å². The summed E-state index contributed by atoms with van der Waals surface area (Å²) in [5.74, 6) is 0.615. The van der Waals surface area contributed by atoms with Gasteiger partial charge in [-0.15, -0.1) is 0 Å². The highest BCUT2D eigenvalue weighted by molar-refractivity contribution is 5.83. The number of aryl methyl sites for hydroxylation is 2. The fourth-order valence-electron chi connectivity index (χ4n) is 2.87. The van der Waals surface area contributed by atoms with Crippen LogP contribution in [0.15, 0.2) is 48.9 Å². The molecule has 0 aliphatic carbocycles. The van der Waals surface area contributed by atoms with Gasteiger partial charge in [-0.2, -0.15) is 5.10 Å². The highest BCUT2D eigenvalue weighted by Crippen LogP contribution is 2.22. The monoisotopic (exact) mass is 318 g/mol. The molecule has 0 bridgehead atoms. The Hall–Kier alpha value is -3.15. The number of rotatable bonds is 4. The summed E-state index contributed by atoms with van der Waals surface area (Å²) in [4.78, 5) is 12.3. The second-order valence-electron chi connectivity index (χ2n) is 5.77. The molecule has 24 heavy (non-hydrogen) atoms. The molecule has 2 N–H and O–H groups in total. The summed E-state index contributed by atoms with van der Waals surface area (Å²) < 4.78 is 1.82. The van der Waals surface area contributed by atoms with E-state index in [1.807, 2.05) is 43.2 Å². The van der Waals surface area contributed by atoms with Crippen LogP contribution < -0.4 is 5.32 Å². The number of nitrogens with zero attached hydrogens (tertiary/aromatic N) is 4. The van der Waals surface area contributed by atoms with Crippen LogP contribution in [0, 0.1) is 6.92 Å². The van der Waals surface area contributed by atoms with Crippen LogP contribution in [-0.2, 0) is 13.6 Å².